The van der Waals surface area contributed by atoms with E-state index in [1.807, 2.05) is 49.2 Å². The average molecular weight is 579 g/mol. The summed E-state index contributed by atoms with van der Waals surface area (Å²) in [7, 11) is 1.77. The van der Waals surface area contributed by atoms with E-state index in [0.29, 0.717) is 37.9 Å². The molecule has 39 heavy (non-hydrogen) atoms. The molecule has 0 saturated heterocycles. The fourth-order valence-corrected chi connectivity index (χ4v) is 4.33. The van der Waals surface area contributed by atoms with Gasteiger partial charge in [-0.05, 0) is 55.3 Å². The number of aromatic nitrogens is 2. The predicted molar refractivity (Wildman–Crippen MR) is 156 cm³/mol. The molecule has 10 nitrogen and oxygen atoms in total. The van der Waals surface area contributed by atoms with Crippen LogP contribution in [0.5, 0.6) is 0 Å². The summed E-state index contributed by atoms with van der Waals surface area (Å²) in [6, 6.07) is 13.9. The van der Waals surface area contributed by atoms with Crippen molar-refractivity contribution in [1.29, 1.82) is 0 Å². The van der Waals surface area contributed by atoms with Crippen LogP contribution in [-0.4, -0.2) is 76.6 Å². The standard InChI is InChI=1S/C27H35N7O3.2ClH/c1-5-28-12-13-33(18-26(36)32(4)34-16-22-8-6-7-9-23(22)17-34)25(35)15-29-24-11-10-21(14-19(24)2)27-30-20(3)31-37-27;;/h6-11,14,28-29H,5,12-13,15-18H2,1-4H3;2*1H. The minimum Gasteiger partial charge on any atom is -0.376 e. The van der Waals surface area contributed by atoms with Gasteiger partial charge in [-0.25, -0.2) is 5.01 Å². The average Bonchev–Trinajstić information content (AvgIpc) is 3.53. The lowest BCUT2D eigenvalue weighted by Gasteiger charge is -2.31. The van der Waals surface area contributed by atoms with E-state index in [0.717, 1.165) is 23.4 Å². The van der Waals surface area contributed by atoms with Gasteiger partial charge in [-0.2, -0.15) is 4.98 Å². The Morgan fingerprint density at radius 1 is 1.05 bits per heavy atom. The molecule has 1 aliphatic heterocycles. The van der Waals surface area contributed by atoms with Gasteiger partial charge >= 0.3 is 0 Å². The maximum Gasteiger partial charge on any atom is 0.257 e. The van der Waals surface area contributed by atoms with E-state index in [9.17, 15) is 9.59 Å². The molecule has 1 aromatic heterocycles. The van der Waals surface area contributed by atoms with Crippen molar-refractivity contribution in [2.45, 2.75) is 33.9 Å². The topological polar surface area (TPSA) is 107 Å². The Labute approximate surface area is 241 Å². The van der Waals surface area contributed by atoms with E-state index in [2.05, 4.69) is 32.9 Å². The van der Waals surface area contributed by atoms with Crippen LogP contribution in [0.4, 0.5) is 5.69 Å². The summed E-state index contributed by atoms with van der Waals surface area (Å²) in [5, 5.41) is 13.9. The summed E-state index contributed by atoms with van der Waals surface area (Å²) < 4.78 is 5.25. The second-order valence-electron chi connectivity index (χ2n) is 9.21. The number of hydrogen-bond acceptors (Lipinski definition) is 8. The Hall–Kier alpha value is -3.18. The molecule has 0 spiro atoms. The van der Waals surface area contributed by atoms with Crippen LogP contribution in [-0.2, 0) is 22.7 Å². The third kappa shape index (κ3) is 8.15. The van der Waals surface area contributed by atoms with Crippen molar-refractivity contribution in [3.63, 3.8) is 0 Å². The molecule has 12 heteroatoms. The van der Waals surface area contributed by atoms with Crippen molar-refractivity contribution in [3.8, 4) is 11.5 Å². The molecule has 0 bridgehead atoms. The van der Waals surface area contributed by atoms with E-state index in [-0.39, 0.29) is 49.7 Å². The molecule has 2 N–H and O–H groups in total. The molecule has 2 amide bonds. The lowest BCUT2D eigenvalue weighted by Crippen LogP contribution is -2.49. The number of rotatable bonds is 11. The lowest BCUT2D eigenvalue weighted by atomic mass is 10.1. The number of carbonyl (C=O) groups excluding carboxylic acids is 2. The molecule has 0 atom stereocenters. The lowest BCUT2D eigenvalue weighted by molar-refractivity contribution is -0.151. The molecule has 212 valence electrons. The molecule has 0 unspecified atom stereocenters. The van der Waals surface area contributed by atoms with Gasteiger partial charge in [0, 0.05) is 44.5 Å². The quantitative estimate of drug-likeness (QED) is 0.334. The molecule has 2 aromatic carbocycles. The van der Waals surface area contributed by atoms with Crippen molar-refractivity contribution < 1.29 is 14.1 Å². The van der Waals surface area contributed by atoms with Gasteiger partial charge in [-0.15, -0.1) is 24.8 Å². The zero-order valence-electron chi connectivity index (χ0n) is 22.8. The Morgan fingerprint density at radius 3 is 2.33 bits per heavy atom. The maximum atomic E-state index is 13.2. The van der Waals surface area contributed by atoms with Gasteiger partial charge in [0.2, 0.25) is 5.91 Å². The molecule has 0 fully saturated rings. The highest BCUT2D eigenvalue weighted by atomic mass is 35.5. The van der Waals surface area contributed by atoms with Crippen LogP contribution >= 0.6 is 24.8 Å². The largest absolute Gasteiger partial charge is 0.376 e. The van der Waals surface area contributed by atoms with Crippen molar-refractivity contribution in [2.24, 2.45) is 0 Å². The van der Waals surface area contributed by atoms with Gasteiger partial charge in [0.1, 0.15) is 6.54 Å². The number of halogens is 2. The van der Waals surface area contributed by atoms with Gasteiger partial charge < -0.3 is 20.1 Å². The normalized spacial score (nSPS) is 12.2. The number of anilines is 1. The maximum absolute atomic E-state index is 13.2. The van der Waals surface area contributed by atoms with E-state index in [1.165, 1.54) is 11.1 Å². The Morgan fingerprint density at radius 2 is 1.74 bits per heavy atom. The molecule has 2 heterocycles. The number of likely N-dealkylation sites (N-methyl/N-ethyl adjacent to an activating group) is 2. The first-order chi connectivity index (χ1) is 17.9. The molecule has 0 aliphatic carbocycles. The highest BCUT2D eigenvalue weighted by molar-refractivity contribution is 5.87. The van der Waals surface area contributed by atoms with Crippen LogP contribution in [0.1, 0.15) is 29.4 Å². The second kappa shape index (κ2) is 14.8. The minimum atomic E-state index is -0.139. The molecule has 3 aromatic rings. The first kappa shape index (κ1) is 32.0. The molecule has 1 aliphatic rings. The van der Waals surface area contributed by atoms with Crippen molar-refractivity contribution in [1.82, 2.24) is 30.4 Å². The summed E-state index contributed by atoms with van der Waals surface area (Å²) in [6.45, 7) is 9.07. The highest BCUT2D eigenvalue weighted by Crippen LogP contribution is 2.24. The molecule has 4 rings (SSSR count). The Kier molecular flexibility index (Phi) is 12.2. The second-order valence-corrected chi connectivity index (χ2v) is 9.21. The summed E-state index contributed by atoms with van der Waals surface area (Å²) in [5.74, 6) is 0.780. The summed E-state index contributed by atoms with van der Waals surface area (Å²) in [4.78, 5) is 32.2. The molecule has 0 saturated carbocycles. The summed E-state index contributed by atoms with van der Waals surface area (Å²) >= 11 is 0. The third-order valence-corrected chi connectivity index (χ3v) is 6.53. The number of nitrogens with one attached hydrogen (secondary N) is 2. The van der Waals surface area contributed by atoms with Crippen LogP contribution < -0.4 is 10.6 Å². The molecular formula is C27H37Cl2N7O3. The van der Waals surface area contributed by atoms with Crippen molar-refractivity contribution in [3.05, 3.63) is 65.0 Å². The highest BCUT2D eigenvalue weighted by Gasteiger charge is 2.27. The van der Waals surface area contributed by atoms with Crippen LogP contribution in [0.3, 0.4) is 0 Å². The Balaban J connectivity index is 0.00000267. The minimum absolute atomic E-state index is 0. The van der Waals surface area contributed by atoms with Crippen LogP contribution in [0.25, 0.3) is 11.5 Å². The number of carbonyl (C=O) groups is 2. The van der Waals surface area contributed by atoms with E-state index in [1.54, 1.807) is 23.9 Å². The summed E-state index contributed by atoms with van der Waals surface area (Å²) in [6.07, 6.45) is 0. The van der Waals surface area contributed by atoms with Crippen molar-refractivity contribution >= 4 is 42.3 Å². The monoisotopic (exact) mass is 577 g/mol. The Bertz CT molecular complexity index is 1230. The van der Waals surface area contributed by atoms with Crippen LogP contribution in [0.15, 0.2) is 47.0 Å². The van der Waals surface area contributed by atoms with Gasteiger partial charge in [-0.3, -0.25) is 14.6 Å². The molecule has 0 radical (unpaired) electrons. The van der Waals surface area contributed by atoms with Crippen molar-refractivity contribution in [2.75, 3.05) is 45.1 Å². The smallest absolute Gasteiger partial charge is 0.257 e. The van der Waals surface area contributed by atoms with Crippen LogP contribution in [0, 0.1) is 13.8 Å². The van der Waals surface area contributed by atoms with E-state index >= 15 is 0 Å². The number of aryl methyl sites for hydroxylation is 2. The number of amides is 2. The van der Waals surface area contributed by atoms with Crippen LogP contribution in [0.2, 0.25) is 0 Å². The zero-order valence-corrected chi connectivity index (χ0v) is 24.4. The number of hydrazine groups is 1. The van der Waals surface area contributed by atoms with Gasteiger partial charge in [0.15, 0.2) is 5.82 Å². The first-order valence-electron chi connectivity index (χ1n) is 12.6. The number of benzene rings is 2. The number of nitrogens with zero attached hydrogens (tertiary/aromatic N) is 5. The van der Waals surface area contributed by atoms with E-state index in [4.69, 9.17) is 4.52 Å². The fraction of sp³-hybridized carbons (Fsp3) is 0.407. The first-order valence-corrected chi connectivity index (χ1v) is 12.6. The van der Waals surface area contributed by atoms with Gasteiger partial charge in [0.05, 0.1) is 6.54 Å². The zero-order chi connectivity index (χ0) is 26.4. The molecular weight excluding hydrogens is 541 g/mol. The fourth-order valence-electron chi connectivity index (χ4n) is 4.33. The third-order valence-electron chi connectivity index (χ3n) is 6.53. The van der Waals surface area contributed by atoms with E-state index < -0.39 is 0 Å². The van der Waals surface area contributed by atoms with Gasteiger partial charge in [-0.1, -0.05) is 36.3 Å². The summed E-state index contributed by atoms with van der Waals surface area (Å²) in [5.41, 5.74) is 5.05. The number of fused-ring (bicyclic) bond motifs is 1. The number of hydrogen-bond donors (Lipinski definition) is 2. The predicted octanol–water partition coefficient (Wildman–Crippen LogP) is 3.44. The SMILES string of the molecule is CCNCCN(CC(=O)N(C)N1Cc2ccccc2C1)C(=O)CNc1ccc(-c2nc(C)no2)cc1C.Cl.Cl. The van der Waals surface area contributed by atoms with Gasteiger partial charge in [0.25, 0.3) is 11.8 Å².